The van der Waals surface area contributed by atoms with Gasteiger partial charge in [-0.15, -0.1) is 11.3 Å². The van der Waals surface area contributed by atoms with Crippen molar-refractivity contribution in [1.29, 1.82) is 0 Å². The molecule has 0 saturated carbocycles. The van der Waals surface area contributed by atoms with E-state index in [1.54, 1.807) is 11.3 Å². The Balaban J connectivity index is 1.61. The van der Waals surface area contributed by atoms with Gasteiger partial charge in [0.25, 0.3) is 5.91 Å². The van der Waals surface area contributed by atoms with Crippen molar-refractivity contribution < 1.29 is 9.53 Å². The molecule has 1 aromatic carbocycles. The second-order valence-corrected chi connectivity index (χ2v) is 8.44. The number of rotatable bonds is 2. The van der Waals surface area contributed by atoms with Gasteiger partial charge in [-0.1, -0.05) is 0 Å². The van der Waals surface area contributed by atoms with Gasteiger partial charge >= 0.3 is 0 Å². The zero-order valence-electron chi connectivity index (χ0n) is 14.0. The van der Waals surface area contributed by atoms with Crippen LogP contribution in [0.25, 0.3) is 0 Å². The molecule has 3 N–H and O–H groups in total. The lowest BCUT2D eigenvalue weighted by Gasteiger charge is -2.38. The highest BCUT2D eigenvalue weighted by molar-refractivity contribution is 7.14. The number of thiophene rings is 1. The minimum Gasteiger partial charge on any atom is -0.487 e. The molecular formula is C19H22N2O2S. The van der Waals surface area contributed by atoms with Crippen LogP contribution >= 0.6 is 11.3 Å². The molecule has 5 heteroatoms. The van der Waals surface area contributed by atoms with Crippen molar-refractivity contribution in [3.8, 4) is 5.75 Å². The molecule has 2 aromatic rings. The van der Waals surface area contributed by atoms with Gasteiger partial charge in [0.1, 0.15) is 11.4 Å². The van der Waals surface area contributed by atoms with Gasteiger partial charge in [-0.25, -0.2) is 0 Å². The van der Waals surface area contributed by atoms with E-state index < -0.39 is 0 Å². The summed E-state index contributed by atoms with van der Waals surface area (Å²) in [6.45, 7) is 4.09. The van der Waals surface area contributed by atoms with Crippen molar-refractivity contribution in [2.45, 2.75) is 51.2 Å². The number of hydrogen-bond donors (Lipinski definition) is 2. The number of benzene rings is 1. The van der Waals surface area contributed by atoms with Crippen LogP contribution in [0.5, 0.6) is 5.75 Å². The highest BCUT2D eigenvalue weighted by Gasteiger charge is 2.35. The number of aryl methyl sites for hydroxylation is 2. The van der Waals surface area contributed by atoms with Gasteiger partial charge in [-0.2, -0.15) is 0 Å². The molecule has 4 nitrogen and oxygen atoms in total. The third-order valence-electron chi connectivity index (χ3n) is 4.77. The zero-order valence-corrected chi connectivity index (χ0v) is 14.8. The van der Waals surface area contributed by atoms with Crippen molar-refractivity contribution in [3.63, 3.8) is 0 Å². The number of carbonyl (C=O) groups is 1. The molecule has 0 bridgehead atoms. The Morgan fingerprint density at radius 3 is 2.96 bits per heavy atom. The first-order valence-electron chi connectivity index (χ1n) is 8.42. The number of nitrogens with two attached hydrogens (primary N) is 1. The van der Waals surface area contributed by atoms with Crippen molar-refractivity contribution in [1.82, 2.24) is 5.32 Å². The van der Waals surface area contributed by atoms with Crippen LogP contribution < -0.4 is 15.8 Å². The maximum Gasteiger partial charge on any atom is 0.261 e. The standard InChI is InChI=1S/C19H22N2O2S/c1-19(2)10-14(13-9-12(20)6-7-15(13)23-19)21-18(22)17-8-11-4-3-5-16(11)24-17/h6-9,14H,3-5,10,20H2,1-2H3,(H,21,22). The highest BCUT2D eigenvalue weighted by atomic mass is 32.1. The van der Waals surface area contributed by atoms with Crippen LogP contribution in [0.1, 0.15) is 58.4 Å². The summed E-state index contributed by atoms with van der Waals surface area (Å²) < 4.78 is 6.04. The molecule has 4 rings (SSSR count). The number of carbonyl (C=O) groups excluding carboxylic acids is 1. The number of amides is 1. The lowest BCUT2D eigenvalue weighted by atomic mass is 9.89. The topological polar surface area (TPSA) is 64.4 Å². The fourth-order valence-corrected chi connectivity index (χ4v) is 4.83. The SMILES string of the molecule is CC1(C)CC(NC(=O)c2cc3c(s2)CCC3)c2cc(N)ccc2O1. The average molecular weight is 342 g/mol. The molecule has 0 fully saturated rings. The molecule has 0 saturated heterocycles. The number of nitrogens with one attached hydrogen (secondary N) is 1. The summed E-state index contributed by atoms with van der Waals surface area (Å²) in [5.74, 6) is 0.810. The van der Waals surface area contributed by atoms with Gasteiger partial charge in [0.05, 0.1) is 10.9 Å². The van der Waals surface area contributed by atoms with Gasteiger partial charge in [0.15, 0.2) is 0 Å². The summed E-state index contributed by atoms with van der Waals surface area (Å²) >= 11 is 1.64. The molecule has 1 aromatic heterocycles. The molecule has 2 heterocycles. The fourth-order valence-electron chi connectivity index (χ4n) is 3.67. The highest BCUT2D eigenvalue weighted by Crippen LogP contribution is 2.40. The number of anilines is 1. The fraction of sp³-hybridized carbons (Fsp3) is 0.421. The van der Waals surface area contributed by atoms with Crippen LogP contribution in [0.3, 0.4) is 0 Å². The smallest absolute Gasteiger partial charge is 0.261 e. The predicted molar refractivity (Wildman–Crippen MR) is 96.7 cm³/mol. The van der Waals surface area contributed by atoms with E-state index >= 15 is 0 Å². The van der Waals surface area contributed by atoms with E-state index in [0.29, 0.717) is 5.69 Å². The van der Waals surface area contributed by atoms with Crippen LogP contribution in [0, 0.1) is 0 Å². The normalized spacial score (nSPS) is 20.8. The largest absolute Gasteiger partial charge is 0.487 e. The van der Waals surface area contributed by atoms with Crippen LogP contribution in [-0.4, -0.2) is 11.5 Å². The summed E-state index contributed by atoms with van der Waals surface area (Å²) in [5, 5.41) is 3.20. The van der Waals surface area contributed by atoms with Crippen LogP contribution in [0.2, 0.25) is 0 Å². The molecule has 2 aliphatic rings. The molecule has 1 aliphatic heterocycles. The third kappa shape index (κ3) is 2.77. The first-order valence-corrected chi connectivity index (χ1v) is 9.24. The van der Waals surface area contributed by atoms with Gasteiger partial charge in [0, 0.05) is 22.5 Å². The van der Waals surface area contributed by atoms with E-state index in [2.05, 4.69) is 11.4 Å². The first kappa shape index (κ1) is 15.5. The Bertz CT molecular complexity index is 788. The lowest BCUT2D eigenvalue weighted by Crippen LogP contribution is -2.41. The quantitative estimate of drug-likeness (QED) is 0.815. The summed E-state index contributed by atoms with van der Waals surface area (Å²) in [7, 11) is 0. The summed E-state index contributed by atoms with van der Waals surface area (Å²) in [4.78, 5) is 14.9. The third-order valence-corrected chi connectivity index (χ3v) is 6.00. The van der Waals surface area contributed by atoms with Gasteiger partial charge in [0.2, 0.25) is 0 Å². The Kier molecular flexibility index (Phi) is 3.57. The molecule has 24 heavy (non-hydrogen) atoms. The van der Waals surface area contributed by atoms with E-state index in [0.717, 1.165) is 35.5 Å². The summed E-state index contributed by atoms with van der Waals surface area (Å²) in [6.07, 6.45) is 4.14. The molecule has 1 unspecified atom stereocenters. The molecule has 0 spiro atoms. The molecule has 126 valence electrons. The van der Waals surface area contributed by atoms with Crippen molar-refractivity contribution in [2.24, 2.45) is 0 Å². The number of nitrogen functional groups attached to an aromatic ring is 1. The average Bonchev–Trinajstić information content (AvgIpc) is 3.08. The van der Waals surface area contributed by atoms with Crippen LogP contribution in [0.4, 0.5) is 5.69 Å². The second kappa shape index (κ2) is 5.52. The second-order valence-electron chi connectivity index (χ2n) is 7.30. The maximum atomic E-state index is 12.8. The Labute approximate surface area is 146 Å². The number of hydrogen-bond acceptors (Lipinski definition) is 4. The Hall–Kier alpha value is -2.01. The predicted octanol–water partition coefficient (Wildman–Crippen LogP) is 3.85. The van der Waals surface area contributed by atoms with Gasteiger partial charge < -0.3 is 15.8 Å². The monoisotopic (exact) mass is 342 g/mol. The molecule has 0 radical (unpaired) electrons. The summed E-state index contributed by atoms with van der Waals surface area (Å²) in [6, 6.07) is 7.61. The van der Waals surface area contributed by atoms with Crippen molar-refractivity contribution >= 4 is 22.9 Å². The Morgan fingerprint density at radius 2 is 2.17 bits per heavy atom. The molecule has 1 amide bonds. The minimum atomic E-state index is -0.321. The maximum absolute atomic E-state index is 12.8. The molecule has 1 aliphatic carbocycles. The van der Waals surface area contributed by atoms with Gasteiger partial charge in [-0.3, -0.25) is 4.79 Å². The van der Waals surface area contributed by atoms with E-state index in [1.165, 1.54) is 16.9 Å². The Morgan fingerprint density at radius 1 is 1.33 bits per heavy atom. The van der Waals surface area contributed by atoms with Crippen molar-refractivity contribution in [3.05, 3.63) is 45.1 Å². The molecular weight excluding hydrogens is 320 g/mol. The first-order chi connectivity index (χ1) is 11.4. The van der Waals surface area contributed by atoms with Crippen molar-refractivity contribution in [2.75, 3.05) is 5.73 Å². The van der Waals surface area contributed by atoms with E-state index in [-0.39, 0.29) is 17.6 Å². The number of ether oxygens (including phenoxy) is 1. The van der Waals surface area contributed by atoms with Crippen LogP contribution in [-0.2, 0) is 12.8 Å². The lowest BCUT2D eigenvalue weighted by molar-refractivity contribution is 0.0621. The number of fused-ring (bicyclic) bond motifs is 2. The summed E-state index contributed by atoms with van der Waals surface area (Å²) in [5.41, 5.74) is 8.62. The van der Waals surface area contributed by atoms with E-state index in [9.17, 15) is 4.79 Å². The van der Waals surface area contributed by atoms with Gasteiger partial charge in [-0.05, 0) is 62.9 Å². The minimum absolute atomic E-state index is 0.00507. The van der Waals surface area contributed by atoms with Crippen LogP contribution in [0.15, 0.2) is 24.3 Å². The zero-order chi connectivity index (χ0) is 16.9. The molecule has 1 atom stereocenters. The van der Waals surface area contributed by atoms with E-state index in [4.69, 9.17) is 10.5 Å². The van der Waals surface area contributed by atoms with E-state index in [1.807, 2.05) is 32.0 Å².